The first kappa shape index (κ1) is 10.6. The van der Waals surface area contributed by atoms with Crippen molar-refractivity contribution in [3.8, 4) is 5.88 Å². The van der Waals surface area contributed by atoms with Gasteiger partial charge in [0.2, 0.25) is 5.88 Å². The van der Waals surface area contributed by atoms with Crippen molar-refractivity contribution in [2.75, 3.05) is 20.8 Å². The minimum atomic E-state index is -0.0324. The van der Waals surface area contributed by atoms with Crippen molar-refractivity contribution < 1.29 is 14.3 Å². The van der Waals surface area contributed by atoms with Crippen LogP contribution in [0.3, 0.4) is 0 Å². The van der Waals surface area contributed by atoms with E-state index in [4.69, 9.17) is 9.47 Å². The molecule has 0 bridgehead atoms. The predicted octanol–water partition coefficient (Wildman–Crippen LogP) is 0.243. The quantitative estimate of drug-likeness (QED) is 0.675. The number of carbonyl (C=O) groups excluding carboxylic acids is 1. The van der Waals surface area contributed by atoms with E-state index in [1.807, 2.05) is 0 Å². The molecule has 5 nitrogen and oxygen atoms in total. The van der Waals surface area contributed by atoms with Gasteiger partial charge in [-0.25, -0.2) is 4.98 Å². The van der Waals surface area contributed by atoms with Crippen LogP contribution in [0.2, 0.25) is 0 Å². The second-order valence-electron chi connectivity index (χ2n) is 2.70. The normalized spacial score (nSPS) is 9.86. The highest BCUT2D eigenvalue weighted by Gasteiger charge is 2.05. The van der Waals surface area contributed by atoms with Crippen molar-refractivity contribution in [1.82, 2.24) is 9.97 Å². The maximum absolute atomic E-state index is 11.2. The summed E-state index contributed by atoms with van der Waals surface area (Å²) in [5, 5.41) is 0. The predicted molar refractivity (Wildman–Crippen MR) is 49.2 cm³/mol. The van der Waals surface area contributed by atoms with E-state index in [2.05, 4.69) is 9.97 Å². The number of methoxy groups -OCH3 is 2. The summed E-state index contributed by atoms with van der Waals surface area (Å²) in [5.74, 6) is 0.378. The largest absolute Gasteiger partial charge is 0.480 e. The molecule has 1 aromatic heterocycles. The summed E-state index contributed by atoms with van der Waals surface area (Å²) in [6.45, 7) is 0.0961. The van der Waals surface area contributed by atoms with Crippen LogP contribution in [0.25, 0.3) is 0 Å². The zero-order chi connectivity index (χ0) is 10.4. The average molecular weight is 196 g/mol. The molecule has 0 aliphatic carbocycles. The van der Waals surface area contributed by atoms with Gasteiger partial charge in [-0.2, -0.15) is 0 Å². The Labute approximate surface area is 82.1 Å². The average Bonchev–Trinajstić information content (AvgIpc) is 2.18. The van der Waals surface area contributed by atoms with Crippen LogP contribution < -0.4 is 4.74 Å². The number of rotatable bonds is 5. The number of carbonyl (C=O) groups is 1. The van der Waals surface area contributed by atoms with Crippen LogP contribution in [0.4, 0.5) is 0 Å². The van der Waals surface area contributed by atoms with Gasteiger partial charge in [-0.05, 0) is 0 Å². The van der Waals surface area contributed by atoms with E-state index in [1.54, 1.807) is 0 Å². The molecular weight excluding hydrogens is 184 g/mol. The summed E-state index contributed by atoms with van der Waals surface area (Å²) >= 11 is 0. The lowest BCUT2D eigenvalue weighted by Crippen LogP contribution is -2.11. The third-order valence-electron chi connectivity index (χ3n) is 1.56. The maximum Gasteiger partial charge on any atom is 0.232 e. The van der Waals surface area contributed by atoms with Gasteiger partial charge in [-0.15, -0.1) is 0 Å². The standard InChI is InChI=1S/C9H12N2O3/c1-13-6-8(12)3-7-4-10-5-9(11-7)14-2/h4-5H,3,6H2,1-2H3. The van der Waals surface area contributed by atoms with Gasteiger partial charge in [-0.1, -0.05) is 0 Å². The highest BCUT2D eigenvalue weighted by Crippen LogP contribution is 2.04. The van der Waals surface area contributed by atoms with Crippen LogP contribution in [0.15, 0.2) is 12.4 Å². The van der Waals surface area contributed by atoms with Crippen LogP contribution in [-0.4, -0.2) is 36.6 Å². The van der Waals surface area contributed by atoms with Crippen molar-refractivity contribution in [3.63, 3.8) is 0 Å². The summed E-state index contributed by atoms with van der Waals surface area (Å²) in [7, 11) is 2.99. The molecule has 0 aromatic carbocycles. The van der Waals surface area contributed by atoms with Gasteiger partial charge >= 0.3 is 0 Å². The number of Topliss-reactive ketones (excluding diaryl/α,β-unsaturated/α-hetero) is 1. The molecule has 0 radical (unpaired) electrons. The summed E-state index contributed by atoms with van der Waals surface area (Å²) in [4.78, 5) is 19.1. The van der Waals surface area contributed by atoms with E-state index < -0.39 is 0 Å². The number of ketones is 1. The third kappa shape index (κ3) is 3.10. The van der Waals surface area contributed by atoms with E-state index in [0.717, 1.165) is 0 Å². The van der Waals surface area contributed by atoms with Crippen molar-refractivity contribution in [2.24, 2.45) is 0 Å². The molecule has 1 heterocycles. The van der Waals surface area contributed by atoms with Gasteiger partial charge in [0, 0.05) is 13.3 Å². The SMILES string of the molecule is COCC(=O)Cc1cncc(OC)n1. The van der Waals surface area contributed by atoms with Crippen molar-refractivity contribution in [2.45, 2.75) is 6.42 Å². The Morgan fingerprint density at radius 1 is 1.43 bits per heavy atom. The van der Waals surface area contributed by atoms with Crippen molar-refractivity contribution in [1.29, 1.82) is 0 Å². The van der Waals surface area contributed by atoms with Crippen LogP contribution in [0.1, 0.15) is 5.69 Å². The summed E-state index contributed by atoms with van der Waals surface area (Å²) in [6, 6.07) is 0. The Bertz CT molecular complexity index is 315. The molecule has 0 aliphatic heterocycles. The molecule has 76 valence electrons. The van der Waals surface area contributed by atoms with Crippen molar-refractivity contribution in [3.05, 3.63) is 18.1 Å². The summed E-state index contributed by atoms with van der Waals surface area (Å²) in [6.07, 6.45) is 3.25. The molecule has 14 heavy (non-hydrogen) atoms. The fourth-order valence-electron chi connectivity index (χ4n) is 0.984. The fraction of sp³-hybridized carbons (Fsp3) is 0.444. The highest BCUT2D eigenvalue weighted by molar-refractivity contribution is 5.81. The molecule has 1 rings (SSSR count). The number of ether oxygens (including phenoxy) is 2. The molecule has 0 saturated carbocycles. The molecule has 0 atom stereocenters. The van der Waals surface area contributed by atoms with Gasteiger partial charge in [0.1, 0.15) is 6.61 Å². The first-order chi connectivity index (χ1) is 6.76. The molecule has 1 aromatic rings. The van der Waals surface area contributed by atoms with Gasteiger partial charge in [0.25, 0.3) is 0 Å². The first-order valence-electron chi connectivity index (χ1n) is 4.12. The smallest absolute Gasteiger partial charge is 0.232 e. The van der Waals surface area contributed by atoms with Gasteiger partial charge < -0.3 is 9.47 Å². The van der Waals surface area contributed by atoms with Crippen molar-refractivity contribution >= 4 is 5.78 Å². The zero-order valence-corrected chi connectivity index (χ0v) is 8.19. The van der Waals surface area contributed by atoms with Gasteiger partial charge in [0.15, 0.2) is 5.78 Å². The minimum absolute atomic E-state index is 0.0324. The van der Waals surface area contributed by atoms with Crippen LogP contribution in [-0.2, 0) is 16.0 Å². The third-order valence-corrected chi connectivity index (χ3v) is 1.56. The molecular formula is C9H12N2O3. The number of hydrogen-bond donors (Lipinski definition) is 0. The highest BCUT2D eigenvalue weighted by atomic mass is 16.5. The lowest BCUT2D eigenvalue weighted by molar-refractivity contribution is -0.122. The Morgan fingerprint density at radius 2 is 2.21 bits per heavy atom. The van der Waals surface area contributed by atoms with E-state index in [9.17, 15) is 4.79 Å². The Balaban J connectivity index is 2.62. The molecule has 5 heteroatoms. The molecule has 0 fully saturated rings. The Kier molecular flexibility index (Phi) is 4.00. The molecule has 0 N–H and O–H groups in total. The summed E-state index contributed by atoms with van der Waals surface area (Å²) in [5.41, 5.74) is 0.589. The number of nitrogens with zero attached hydrogens (tertiary/aromatic N) is 2. The Morgan fingerprint density at radius 3 is 2.86 bits per heavy atom. The fourth-order valence-corrected chi connectivity index (χ4v) is 0.984. The second kappa shape index (κ2) is 5.29. The van der Waals surface area contributed by atoms with E-state index in [1.165, 1.54) is 26.6 Å². The topological polar surface area (TPSA) is 61.3 Å². The zero-order valence-electron chi connectivity index (χ0n) is 8.19. The van der Waals surface area contributed by atoms with E-state index in [0.29, 0.717) is 11.6 Å². The molecule has 0 spiro atoms. The Hall–Kier alpha value is -1.49. The van der Waals surface area contributed by atoms with E-state index in [-0.39, 0.29) is 18.8 Å². The van der Waals surface area contributed by atoms with E-state index >= 15 is 0 Å². The molecule has 0 saturated heterocycles. The number of aromatic nitrogens is 2. The van der Waals surface area contributed by atoms with Gasteiger partial charge in [-0.3, -0.25) is 9.78 Å². The lowest BCUT2D eigenvalue weighted by atomic mass is 10.2. The van der Waals surface area contributed by atoms with Gasteiger partial charge in [0.05, 0.1) is 25.4 Å². The van der Waals surface area contributed by atoms with Crippen LogP contribution in [0.5, 0.6) is 5.88 Å². The maximum atomic E-state index is 11.2. The van der Waals surface area contributed by atoms with Crippen LogP contribution >= 0.6 is 0 Å². The monoisotopic (exact) mass is 196 g/mol. The van der Waals surface area contributed by atoms with Crippen LogP contribution in [0, 0.1) is 0 Å². The lowest BCUT2D eigenvalue weighted by Gasteiger charge is -2.01. The molecule has 0 amide bonds. The molecule has 0 aliphatic rings. The minimum Gasteiger partial charge on any atom is -0.480 e. The number of hydrogen-bond acceptors (Lipinski definition) is 5. The molecule has 0 unspecified atom stereocenters. The first-order valence-corrected chi connectivity index (χ1v) is 4.12. The second-order valence-corrected chi connectivity index (χ2v) is 2.70. The summed E-state index contributed by atoms with van der Waals surface area (Å²) < 4.78 is 9.58.